The highest BCUT2D eigenvalue weighted by atomic mass is 16.3. The number of hydrogen-bond acceptors (Lipinski definition) is 3. The Morgan fingerprint density at radius 3 is 2.25 bits per heavy atom. The summed E-state index contributed by atoms with van der Waals surface area (Å²) < 4.78 is 0. The molecule has 3 heteroatoms. The fourth-order valence-corrected chi connectivity index (χ4v) is 2.96. The summed E-state index contributed by atoms with van der Waals surface area (Å²) in [6, 6.07) is 8.24. The third-order valence-corrected chi connectivity index (χ3v) is 4.57. The van der Waals surface area contributed by atoms with Gasteiger partial charge in [-0.15, -0.1) is 0 Å². The van der Waals surface area contributed by atoms with Gasteiger partial charge in [-0.2, -0.15) is 0 Å². The molecule has 0 amide bonds. The summed E-state index contributed by atoms with van der Waals surface area (Å²) in [5.41, 5.74) is 2.28. The molecule has 20 heavy (non-hydrogen) atoms. The van der Waals surface area contributed by atoms with Crippen LogP contribution in [0, 0.1) is 12.8 Å². The van der Waals surface area contributed by atoms with Crippen molar-refractivity contribution in [3.63, 3.8) is 0 Å². The molecule has 1 heterocycles. The van der Waals surface area contributed by atoms with E-state index >= 15 is 0 Å². The lowest BCUT2D eigenvalue weighted by Crippen LogP contribution is -2.47. The second-order valence-electron chi connectivity index (χ2n) is 6.47. The number of nitrogens with zero attached hydrogens (tertiary/aromatic N) is 2. The largest absolute Gasteiger partial charge is 0.387 e. The van der Waals surface area contributed by atoms with Crippen LogP contribution >= 0.6 is 0 Å². The van der Waals surface area contributed by atoms with Crippen LogP contribution in [-0.4, -0.2) is 54.2 Å². The molecule has 1 aromatic rings. The smallest absolute Gasteiger partial charge is 0.0916 e. The highest BCUT2D eigenvalue weighted by molar-refractivity contribution is 5.23. The van der Waals surface area contributed by atoms with Gasteiger partial charge < -0.3 is 10.0 Å². The van der Waals surface area contributed by atoms with Crippen LogP contribution in [0.1, 0.15) is 30.1 Å². The van der Waals surface area contributed by atoms with Crippen molar-refractivity contribution in [3.05, 3.63) is 35.4 Å². The highest BCUT2D eigenvalue weighted by Gasteiger charge is 2.26. The van der Waals surface area contributed by atoms with Gasteiger partial charge in [0.2, 0.25) is 0 Å². The fraction of sp³-hybridized carbons (Fsp3) is 0.647. The van der Waals surface area contributed by atoms with Gasteiger partial charge in [-0.05, 0) is 31.2 Å². The zero-order valence-electron chi connectivity index (χ0n) is 12.5. The molecule has 0 bridgehead atoms. The first-order valence-electron chi connectivity index (χ1n) is 7.90. The summed E-state index contributed by atoms with van der Waals surface area (Å²) in [5, 5.41) is 10.3. The maximum absolute atomic E-state index is 10.3. The van der Waals surface area contributed by atoms with Gasteiger partial charge >= 0.3 is 0 Å². The average Bonchev–Trinajstić information content (AvgIpc) is 3.26. The first kappa shape index (κ1) is 14.1. The Bertz CT molecular complexity index is 419. The predicted molar refractivity (Wildman–Crippen MR) is 81.7 cm³/mol. The molecule has 0 aromatic heterocycles. The monoisotopic (exact) mass is 274 g/mol. The highest BCUT2D eigenvalue weighted by Crippen LogP contribution is 2.30. The minimum absolute atomic E-state index is 0.356. The first-order valence-corrected chi connectivity index (χ1v) is 7.90. The number of piperazine rings is 1. The van der Waals surface area contributed by atoms with Crippen LogP contribution < -0.4 is 0 Å². The summed E-state index contributed by atoms with van der Waals surface area (Å²) in [4.78, 5) is 4.99. The predicted octanol–water partition coefficient (Wildman–Crippen LogP) is 2.06. The van der Waals surface area contributed by atoms with Crippen molar-refractivity contribution in [1.29, 1.82) is 0 Å². The molecule has 0 radical (unpaired) electrons. The minimum Gasteiger partial charge on any atom is -0.387 e. The van der Waals surface area contributed by atoms with E-state index in [4.69, 9.17) is 0 Å². The molecule has 1 saturated carbocycles. The maximum atomic E-state index is 10.3. The Labute approximate surface area is 122 Å². The van der Waals surface area contributed by atoms with E-state index in [1.807, 2.05) is 12.1 Å². The van der Waals surface area contributed by atoms with Gasteiger partial charge in [0.05, 0.1) is 6.10 Å². The Balaban J connectivity index is 1.45. The van der Waals surface area contributed by atoms with Gasteiger partial charge in [0, 0.05) is 39.3 Å². The Morgan fingerprint density at radius 2 is 1.65 bits per heavy atom. The van der Waals surface area contributed by atoms with Gasteiger partial charge in [0.15, 0.2) is 0 Å². The van der Waals surface area contributed by atoms with Gasteiger partial charge in [0.1, 0.15) is 0 Å². The van der Waals surface area contributed by atoms with Gasteiger partial charge in [0.25, 0.3) is 0 Å². The van der Waals surface area contributed by atoms with Crippen molar-refractivity contribution < 1.29 is 5.11 Å². The molecule has 0 spiro atoms. The fourth-order valence-electron chi connectivity index (χ4n) is 2.96. The van der Waals surface area contributed by atoms with E-state index in [1.165, 1.54) is 24.9 Å². The molecule has 1 unspecified atom stereocenters. The Kier molecular flexibility index (Phi) is 4.39. The molecule has 2 aliphatic rings. The van der Waals surface area contributed by atoms with Crippen molar-refractivity contribution in [2.75, 3.05) is 39.3 Å². The van der Waals surface area contributed by atoms with E-state index in [0.29, 0.717) is 0 Å². The zero-order valence-corrected chi connectivity index (χ0v) is 12.5. The lowest BCUT2D eigenvalue weighted by atomic mass is 10.1. The van der Waals surface area contributed by atoms with Crippen molar-refractivity contribution in [2.45, 2.75) is 25.9 Å². The lowest BCUT2D eigenvalue weighted by Gasteiger charge is -2.35. The second-order valence-corrected chi connectivity index (χ2v) is 6.47. The van der Waals surface area contributed by atoms with Gasteiger partial charge in [-0.3, -0.25) is 4.90 Å². The number of β-amino-alcohol motifs (C(OH)–C–C–N with tert-alkyl or cyclic N) is 1. The van der Waals surface area contributed by atoms with Crippen LogP contribution in [0.4, 0.5) is 0 Å². The van der Waals surface area contributed by atoms with Gasteiger partial charge in [-0.1, -0.05) is 29.8 Å². The molecule has 3 nitrogen and oxygen atoms in total. The standard InChI is InChI=1S/C17H26N2O/c1-14-2-6-16(7-3-14)17(20)13-19-10-8-18(9-11-19)12-15-4-5-15/h2-3,6-7,15,17,20H,4-5,8-13H2,1H3. The van der Waals surface area contributed by atoms with Crippen molar-refractivity contribution in [2.24, 2.45) is 5.92 Å². The summed E-state index contributed by atoms with van der Waals surface area (Å²) in [5.74, 6) is 0.986. The molecular formula is C17H26N2O. The molecule has 110 valence electrons. The third kappa shape index (κ3) is 3.81. The molecule has 1 aliphatic carbocycles. The van der Waals surface area contributed by atoms with Crippen LogP contribution in [-0.2, 0) is 0 Å². The summed E-state index contributed by atoms with van der Waals surface area (Å²) in [7, 11) is 0. The summed E-state index contributed by atoms with van der Waals surface area (Å²) in [6.45, 7) is 8.66. The Morgan fingerprint density at radius 1 is 1.05 bits per heavy atom. The third-order valence-electron chi connectivity index (χ3n) is 4.57. The number of aryl methyl sites for hydroxylation is 1. The van der Waals surface area contributed by atoms with E-state index in [9.17, 15) is 5.11 Å². The molecule has 2 fully saturated rings. The summed E-state index contributed by atoms with van der Waals surface area (Å²) in [6.07, 6.45) is 2.52. The maximum Gasteiger partial charge on any atom is 0.0916 e. The number of benzene rings is 1. The van der Waals surface area contributed by atoms with Crippen LogP contribution in [0.5, 0.6) is 0 Å². The van der Waals surface area contributed by atoms with Crippen LogP contribution in [0.2, 0.25) is 0 Å². The van der Waals surface area contributed by atoms with E-state index in [1.54, 1.807) is 0 Å². The number of hydrogen-bond donors (Lipinski definition) is 1. The molecule has 1 aromatic carbocycles. The molecule has 1 N–H and O–H groups in total. The van der Waals surface area contributed by atoms with Crippen LogP contribution in [0.3, 0.4) is 0 Å². The van der Waals surface area contributed by atoms with E-state index < -0.39 is 0 Å². The Hall–Kier alpha value is -0.900. The number of aliphatic hydroxyl groups is 1. The summed E-state index contributed by atoms with van der Waals surface area (Å²) >= 11 is 0. The molecule has 1 aliphatic heterocycles. The minimum atomic E-state index is -0.356. The van der Waals surface area contributed by atoms with E-state index in [0.717, 1.165) is 44.2 Å². The molecular weight excluding hydrogens is 248 g/mol. The molecule has 1 atom stereocenters. The van der Waals surface area contributed by atoms with Gasteiger partial charge in [-0.25, -0.2) is 0 Å². The normalized spacial score (nSPS) is 22.9. The van der Waals surface area contributed by atoms with Crippen LogP contribution in [0.25, 0.3) is 0 Å². The van der Waals surface area contributed by atoms with Crippen LogP contribution in [0.15, 0.2) is 24.3 Å². The number of aliphatic hydroxyl groups excluding tert-OH is 1. The molecule has 3 rings (SSSR count). The topological polar surface area (TPSA) is 26.7 Å². The number of rotatable bonds is 5. The average molecular weight is 274 g/mol. The van der Waals surface area contributed by atoms with Crippen molar-refractivity contribution in [3.8, 4) is 0 Å². The zero-order chi connectivity index (χ0) is 13.9. The quantitative estimate of drug-likeness (QED) is 0.890. The lowest BCUT2D eigenvalue weighted by molar-refractivity contribution is 0.0710. The van der Waals surface area contributed by atoms with E-state index in [2.05, 4.69) is 28.9 Å². The van der Waals surface area contributed by atoms with E-state index in [-0.39, 0.29) is 6.10 Å². The molecule has 1 saturated heterocycles. The first-order chi connectivity index (χ1) is 9.70. The van der Waals surface area contributed by atoms with Crippen molar-refractivity contribution in [1.82, 2.24) is 9.80 Å². The SMILES string of the molecule is Cc1ccc(C(O)CN2CCN(CC3CC3)CC2)cc1. The van der Waals surface area contributed by atoms with Crippen molar-refractivity contribution >= 4 is 0 Å². The second kappa shape index (κ2) is 6.25.